The van der Waals surface area contributed by atoms with Gasteiger partial charge in [-0.2, -0.15) is 0 Å². The van der Waals surface area contributed by atoms with Crippen LogP contribution in [0, 0.1) is 0 Å². The summed E-state index contributed by atoms with van der Waals surface area (Å²) in [5.74, 6) is 1.17. The summed E-state index contributed by atoms with van der Waals surface area (Å²) in [6.07, 6.45) is 3.39. The number of aryl methyl sites for hydroxylation is 1. The lowest BCUT2D eigenvalue weighted by atomic mass is 10.2. The normalized spacial score (nSPS) is 10.6. The number of fused-ring (bicyclic) bond motifs is 1. The maximum Gasteiger partial charge on any atom is 0.240 e. The van der Waals surface area contributed by atoms with Gasteiger partial charge in [0.05, 0.1) is 18.0 Å². The molecular weight excluding hydrogens is 242 g/mol. The molecule has 1 aromatic carbocycles. The highest BCUT2D eigenvalue weighted by Gasteiger charge is 2.09. The van der Waals surface area contributed by atoms with Crippen molar-refractivity contribution < 1.29 is 4.74 Å². The van der Waals surface area contributed by atoms with Gasteiger partial charge in [0.1, 0.15) is 0 Å². The Morgan fingerprint density at radius 1 is 1.21 bits per heavy atom. The SMILES string of the molecule is COc1nn(C)c2ccc(Nc3ncccn3)cc12. The lowest BCUT2D eigenvalue weighted by Gasteiger charge is -2.04. The maximum absolute atomic E-state index is 5.26. The fourth-order valence-corrected chi connectivity index (χ4v) is 1.95. The largest absolute Gasteiger partial charge is 0.479 e. The van der Waals surface area contributed by atoms with E-state index in [4.69, 9.17) is 4.74 Å². The van der Waals surface area contributed by atoms with E-state index in [1.54, 1.807) is 30.3 Å². The van der Waals surface area contributed by atoms with Gasteiger partial charge >= 0.3 is 0 Å². The molecule has 19 heavy (non-hydrogen) atoms. The third kappa shape index (κ3) is 2.08. The predicted octanol–water partition coefficient (Wildman–Crippen LogP) is 2.12. The van der Waals surface area contributed by atoms with Crippen molar-refractivity contribution in [3.63, 3.8) is 0 Å². The number of ether oxygens (including phenoxy) is 1. The lowest BCUT2D eigenvalue weighted by molar-refractivity contribution is 0.396. The molecule has 6 nitrogen and oxygen atoms in total. The molecule has 0 saturated heterocycles. The molecule has 3 rings (SSSR count). The summed E-state index contributed by atoms with van der Waals surface area (Å²) in [4.78, 5) is 8.26. The Kier molecular flexibility index (Phi) is 2.75. The van der Waals surface area contributed by atoms with E-state index < -0.39 is 0 Å². The topological polar surface area (TPSA) is 64.9 Å². The Morgan fingerprint density at radius 3 is 2.74 bits per heavy atom. The van der Waals surface area contributed by atoms with Crippen LogP contribution in [0.5, 0.6) is 5.88 Å². The molecule has 0 radical (unpaired) electrons. The van der Waals surface area contributed by atoms with Crippen LogP contribution < -0.4 is 10.1 Å². The van der Waals surface area contributed by atoms with Crippen molar-refractivity contribution >= 4 is 22.5 Å². The lowest BCUT2D eigenvalue weighted by Crippen LogP contribution is -1.95. The first-order valence-corrected chi connectivity index (χ1v) is 5.83. The van der Waals surface area contributed by atoms with E-state index in [0.29, 0.717) is 11.8 Å². The van der Waals surface area contributed by atoms with Crippen LogP contribution in [0.4, 0.5) is 11.6 Å². The highest BCUT2D eigenvalue weighted by Crippen LogP contribution is 2.27. The number of benzene rings is 1. The van der Waals surface area contributed by atoms with Gasteiger partial charge in [0, 0.05) is 25.1 Å². The molecule has 0 saturated carbocycles. The van der Waals surface area contributed by atoms with Crippen molar-refractivity contribution in [2.45, 2.75) is 0 Å². The van der Waals surface area contributed by atoms with Crippen LogP contribution in [0.2, 0.25) is 0 Å². The van der Waals surface area contributed by atoms with Crippen molar-refractivity contribution in [2.75, 3.05) is 12.4 Å². The summed E-state index contributed by atoms with van der Waals surface area (Å²) in [6.45, 7) is 0. The molecule has 0 aliphatic heterocycles. The molecule has 0 unspecified atom stereocenters. The number of nitrogens with one attached hydrogen (secondary N) is 1. The molecular formula is C13H13N5O. The second-order valence-corrected chi connectivity index (χ2v) is 4.06. The first-order chi connectivity index (χ1) is 9.28. The molecule has 0 aliphatic carbocycles. The minimum absolute atomic E-state index is 0.560. The molecule has 0 aliphatic rings. The first kappa shape index (κ1) is 11.5. The molecule has 0 fully saturated rings. The zero-order chi connectivity index (χ0) is 13.2. The van der Waals surface area contributed by atoms with Gasteiger partial charge in [0.2, 0.25) is 11.8 Å². The quantitative estimate of drug-likeness (QED) is 0.776. The van der Waals surface area contributed by atoms with Gasteiger partial charge in [0.25, 0.3) is 0 Å². The molecule has 0 bridgehead atoms. The van der Waals surface area contributed by atoms with Gasteiger partial charge in [-0.05, 0) is 24.3 Å². The van der Waals surface area contributed by atoms with E-state index in [2.05, 4.69) is 20.4 Å². The molecule has 0 spiro atoms. The average Bonchev–Trinajstić information content (AvgIpc) is 2.76. The fourth-order valence-electron chi connectivity index (χ4n) is 1.95. The Morgan fingerprint density at radius 2 is 2.00 bits per heavy atom. The molecule has 6 heteroatoms. The molecule has 2 heterocycles. The Hall–Kier alpha value is -2.63. The van der Waals surface area contributed by atoms with Crippen molar-refractivity contribution in [2.24, 2.45) is 7.05 Å². The van der Waals surface area contributed by atoms with Gasteiger partial charge in [0.15, 0.2) is 0 Å². The molecule has 3 aromatic rings. The number of hydrogen-bond acceptors (Lipinski definition) is 5. The molecule has 2 aromatic heterocycles. The fraction of sp³-hybridized carbons (Fsp3) is 0.154. The average molecular weight is 255 g/mol. The summed E-state index contributed by atoms with van der Waals surface area (Å²) in [5, 5.41) is 8.38. The van der Waals surface area contributed by atoms with Crippen LogP contribution in [0.25, 0.3) is 10.9 Å². The molecule has 0 amide bonds. The Balaban J connectivity index is 2.01. The molecule has 96 valence electrons. The summed E-state index contributed by atoms with van der Waals surface area (Å²) >= 11 is 0. The third-order valence-electron chi connectivity index (χ3n) is 2.83. The summed E-state index contributed by atoms with van der Waals surface area (Å²) < 4.78 is 7.05. The van der Waals surface area contributed by atoms with Gasteiger partial charge < -0.3 is 10.1 Å². The van der Waals surface area contributed by atoms with E-state index in [9.17, 15) is 0 Å². The molecule has 1 N–H and O–H groups in total. The summed E-state index contributed by atoms with van der Waals surface area (Å²) in [6, 6.07) is 7.69. The minimum Gasteiger partial charge on any atom is -0.479 e. The summed E-state index contributed by atoms with van der Waals surface area (Å²) in [7, 11) is 3.50. The van der Waals surface area contributed by atoms with E-state index in [-0.39, 0.29) is 0 Å². The number of rotatable bonds is 3. The zero-order valence-electron chi connectivity index (χ0n) is 10.7. The zero-order valence-corrected chi connectivity index (χ0v) is 10.7. The second-order valence-electron chi connectivity index (χ2n) is 4.06. The Labute approximate surface area is 110 Å². The predicted molar refractivity (Wildman–Crippen MR) is 72.6 cm³/mol. The summed E-state index contributed by atoms with van der Waals surface area (Å²) in [5.41, 5.74) is 1.90. The van der Waals surface area contributed by atoms with Crippen LogP contribution >= 0.6 is 0 Å². The smallest absolute Gasteiger partial charge is 0.240 e. The van der Waals surface area contributed by atoms with Crippen molar-refractivity contribution in [1.82, 2.24) is 19.7 Å². The van der Waals surface area contributed by atoms with Crippen LogP contribution in [0.3, 0.4) is 0 Å². The van der Waals surface area contributed by atoms with E-state index in [1.165, 1.54) is 0 Å². The monoisotopic (exact) mass is 255 g/mol. The van der Waals surface area contributed by atoms with Gasteiger partial charge in [-0.1, -0.05) is 0 Å². The standard InChI is InChI=1S/C13H13N5O/c1-18-11-5-4-9(8-10(11)12(17-18)19-2)16-13-14-6-3-7-15-13/h3-8H,1-2H3,(H,14,15,16). The number of nitrogens with zero attached hydrogens (tertiary/aromatic N) is 4. The first-order valence-electron chi connectivity index (χ1n) is 5.83. The van der Waals surface area contributed by atoms with Crippen molar-refractivity contribution in [3.05, 3.63) is 36.7 Å². The van der Waals surface area contributed by atoms with Crippen LogP contribution in [-0.2, 0) is 7.05 Å². The number of aromatic nitrogens is 4. The number of methoxy groups -OCH3 is 1. The van der Waals surface area contributed by atoms with E-state index in [1.807, 2.05) is 25.2 Å². The van der Waals surface area contributed by atoms with Gasteiger partial charge in [-0.3, -0.25) is 4.68 Å². The highest BCUT2D eigenvalue weighted by atomic mass is 16.5. The Bertz CT molecular complexity index is 708. The maximum atomic E-state index is 5.26. The van der Waals surface area contributed by atoms with Crippen LogP contribution in [0.15, 0.2) is 36.7 Å². The third-order valence-corrected chi connectivity index (χ3v) is 2.83. The van der Waals surface area contributed by atoms with Gasteiger partial charge in [-0.15, -0.1) is 5.10 Å². The number of anilines is 2. The van der Waals surface area contributed by atoms with Crippen LogP contribution in [0.1, 0.15) is 0 Å². The minimum atomic E-state index is 0.560. The van der Waals surface area contributed by atoms with Gasteiger partial charge in [-0.25, -0.2) is 9.97 Å². The van der Waals surface area contributed by atoms with Crippen LogP contribution in [-0.4, -0.2) is 26.9 Å². The number of hydrogen-bond donors (Lipinski definition) is 1. The van der Waals surface area contributed by atoms with Crippen molar-refractivity contribution in [1.29, 1.82) is 0 Å². The van der Waals surface area contributed by atoms with Crippen molar-refractivity contribution in [3.8, 4) is 5.88 Å². The second kappa shape index (κ2) is 4.56. The van der Waals surface area contributed by atoms with E-state index >= 15 is 0 Å². The van der Waals surface area contributed by atoms with E-state index in [0.717, 1.165) is 16.6 Å². The highest BCUT2D eigenvalue weighted by molar-refractivity contribution is 5.88. The molecule has 0 atom stereocenters.